The first-order valence-corrected chi connectivity index (χ1v) is 5.34. The average Bonchev–Trinajstić information content (AvgIpc) is 2.26. The summed E-state index contributed by atoms with van der Waals surface area (Å²) in [5, 5.41) is 12.0. The highest BCUT2D eigenvalue weighted by atomic mass is 16.2. The molecule has 0 aliphatic heterocycles. The van der Waals surface area contributed by atoms with Crippen LogP contribution in [0, 0.1) is 0 Å². The predicted octanol–water partition coefficient (Wildman–Crippen LogP) is 2.10. The van der Waals surface area contributed by atoms with Crippen molar-refractivity contribution in [2.45, 2.75) is 19.9 Å². The van der Waals surface area contributed by atoms with Crippen LogP contribution in [0.3, 0.4) is 0 Å². The summed E-state index contributed by atoms with van der Waals surface area (Å²) in [5.74, 6) is 0. The van der Waals surface area contributed by atoms with Crippen LogP contribution in [0.2, 0.25) is 0 Å². The minimum Gasteiger partial charge on any atom is -0.392 e. The van der Waals surface area contributed by atoms with Crippen LogP contribution in [0.25, 0.3) is 0 Å². The molecule has 0 aliphatic carbocycles. The molecule has 0 aliphatic rings. The number of hydrogen-bond acceptors (Lipinski definition) is 2. The average molecular weight is 205 g/mol. The van der Waals surface area contributed by atoms with Gasteiger partial charge in [0.05, 0.1) is 6.61 Å². The Bertz CT molecular complexity index is 293. The molecule has 0 heterocycles. The predicted molar refractivity (Wildman–Crippen MR) is 63.6 cm³/mol. The third kappa shape index (κ3) is 5.35. The topological polar surface area (TPSA) is 32.3 Å². The molecule has 2 N–H and O–H groups in total. The van der Waals surface area contributed by atoms with E-state index in [4.69, 9.17) is 5.11 Å². The SMILES string of the molecule is C/C(=C\CO)CCNCc1ccccc1. The zero-order chi connectivity index (χ0) is 10.9. The van der Waals surface area contributed by atoms with E-state index in [0.717, 1.165) is 19.5 Å². The molecule has 2 nitrogen and oxygen atoms in total. The van der Waals surface area contributed by atoms with Gasteiger partial charge in [0.1, 0.15) is 0 Å². The highest BCUT2D eigenvalue weighted by molar-refractivity contribution is 5.14. The normalized spacial score (nSPS) is 11.7. The van der Waals surface area contributed by atoms with Crippen molar-refractivity contribution >= 4 is 0 Å². The summed E-state index contributed by atoms with van der Waals surface area (Å²) in [5.41, 5.74) is 2.54. The Morgan fingerprint density at radius 2 is 2.07 bits per heavy atom. The Labute approximate surface area is 91.6 Å². The highest BCUT2D eigenvalue weighted by Gasteiger charge is 1.92. The fourth-order valence-electron chi connectivity index (χ4n) is 1.37. The molecular weight excluding hydrogens is 186 g/mol. The first kappa shape index (κ1) is 12.0. The van der Waals surface area contributed by atoms with Gasteiger partial charge in [0, 0.05) is 6.54 Å². The van der Waals surface area contributed by atoms with E-state index in [1.54, 1.807) is 0 Å². The molecule has 0 saturated carbocycles. The lowest BCUT2D eigenvalue weighted by atomic mass is 10.2. The fourth-order valence-corrected chi connectivity index (χ4v) is 1.37. The van der Waals surface area contributed by atoms with Crippen LogP contribution in [0.4, 0.5) is 0 Å². The minimum absolute atomic E-state index is 0.143. The van der Waals surface area contributed by atoms with Crippen molar-refractivity contribution < 1.29 is 5.11 Å². The van der Waals surface area contributed by atoms with Crippen LogP contribution in [0.5, 0.6) is 0 Å². The fraction of sp³-hybridized carbons (Fsp3) is 0.385. The molecule has 1 aromatic carbocycles. The van der Waals surface area contributed by atoms with Crippen molar-refractivity contribution in [3.8, 4) is 0 Å². The number of aliphatic hydroxyl groups excluding tert-OH is 1. The van der Waals surface area contributed by atoms with E-state index in [2.05, 4.69) is 17.4 Å². The molecule has 0 saturated heterocycles. The first-order chi connectivity index (χ1) is 7.33. The standard InChI is InChI=1S/C13H19NO/c1-12(8-10-15)7-9-14-11-13-5-3-2-4-6-13/h2-6,8,14-15H,7,9-11H2,1H3/b12-8+. The van der Waals surface area contributed by atoms with Gasteiger partial charge in [0.2, 0.25) is 0 Å². The molecular formula is C13H19NO. The van der Waals surface area contributed by atoms with Gasteiger partial charge in [-0.25, -0.2) is 0 Å². The molecule has 2 heteroatoms. The molecule has 1 rings (SSSR count). The second-order valence-electron chi connectivity index (χ2n) is 3.65. The van der Waals surface area contributed by atoms with Crippen molar-refractivity contribution in [3.63, 3.8) is 0 Å². The van der Waals surface area contributed by atoms with Gasteiger partial charge in [0.25, 0.3) is 0 Å². The Balaban J connectivity index is 2.15. The molecule has 15 heavy (non-hydrogen) atoms. The van der Waals surface area contributed by atoms with Gasteiger partial charge in [-0.05, 0) is 25.5 Å². The molecule has 0 aromatic heterocycles. The zero-order valence-corrected chi connectivity index (χ0v) is 9.24. The van der Waals surface area contributed by atoms with Crippen LogP contribution in [-0.2, 0) is 6.54 Å². The van der Waals surface area contributed by atoms with E-state index < -0.39 is 0 Å². The van der Waals surface area contributed by atoms with Crippen molar-refractivity contribution in [1.82, 2.24) is 5.32 Å². The summed E-state index contributed by atoms with van der Waals surface area (Å²) in [6.45, 7) is 4.05. The van der Waals surface area contributed by atoms with Crippen LogP contribution in [0.1, 0.15) is 18.9 Å². The van der Waals surface area contributed by atoms with Gasteiger partial charge in [-0.15, -0.1) is 0 Å². The number of hydrogen-bond donors (Lipinski definition) is 2. The third-order valence-electron chi connectivity index (χ3n) is 2.31. The van der Waals surface area contributed by atoms with E-state index in [-0.39, 0.29) is 6.61 Å². The maximum Gasteiger partial charge on any atom is 0.0614 e. The Morgan fingerprint density at radius 3 is 2.73 bits per heavy atom. The smallest absolute Gasteiger partial charge is 0.0614 e. The second kappa shape index (κ2) is 7.21. The van der Waals surface area contributed by atoms with Gasteiger partial charge in [-0.1, -0.05) is 42.0 Å². The molecule has 0 spiro atoms. The Hall–Kier alpha value is -1.12. The number of nitrogens with one attached hydrogen (secondary N) is 1. The van der Waals surface area contributed by atoms with Crippen molar-refractivity contribution in [1.29, 1.82) is 0 Å². The molecule has 0 unspecified atom stereocenters. The van der Waals surface area contributed by atoms with Crippen LogP contribution in [0.15, 0.2) is 42.0 Å². The van der Waals surface area contributed by atoms with E-state index in [0.29, 0.717) is 0 Å². The lowest BCUT2D eigenvalue weighted by Crippen LogP contribution is -2.14. The van der Waals surface area contributed by atoms with E-state index in [1.807, 2.05) is 31.2 Å². The third-order valence-corrected chi connectivity index (χ3v) is 2.31. The van der Waals surface area contributed by atoms with E-state index in [9.17, 15) is 0 Å². The van der Waals surface area contributed by atoms with Crippen molar-refractivity contribution in [3.05, 3.63) is 47.5 Å². The lowest BCUT2D eigenvalue weighted by Gasteiger charge is -2.04. The van der Waals surface area contributed by atoms with Gasteiger partial charge < -0.3 is 10.4 Å². The van der Waals surface area contributed by atoms with Gasteiger partial charge in [0.15, 0.2) is 0 Å². The second-order valence-corrected chi connectivity index (χ2v) is 3.65. The Morgan fingerprint density at radius 1 is 1.33 bits per heavy atom. The summed E-state index contributed by atoms with van der Waals surface area (Å²) in [6.07, 6.45) is 2.84. The Kier molecular flexibility index (Phi) is 5.74. The molecule has 0 bridgehead atoms. The van der Waals surface area contributed by atoms with Crippen molar-refractivity contribution in [2.24, 2.45) is 0 Å². The highest BCUT2D eigenvalue weighted by Crippen LogP contribution is 1.99. The summed E-state index contributed by atoms with van der Waals surface area (Å²) < 4.78 is 0. The largest absolute Gasteiger partial charge is 0.392 e. The quantitative estimate of drug-likeness (QED) is 0.550. The van der Waals surface area contributed by atoms with Crippen LogP contribution < -0.4 is 5.32 Å². The number of benzene rings is 1. The maximum absolute atomic E-state index is 8.67. The minimum atomic E-state index is 0.143. The molecule has 0 atom stereocenters. The summed E-state index contributed by atoms with van der Waals surface area (Å²) in [6, 6.07) is 10.4. The number of rotatable bonds is 6. The van der Waals surface area contributed by atoms with Crippen LogP contribution >= 0.6 is 0 Å². The molecule has 82 valence electrons. The summed E-state index contributed by atoms with van der Waals surface area (Å²) in [4.78, 5) is 0. The molecule has 0 fully saturated rings. The van der Waals surface area contributed by atoms with Crippen LogP contribution in [-0.4, -0.2) is 18.3 Å². The van der Waals surface area contributed by atoms with E-state index >= 15 is 0 Å². The first-order valence-electron chi connectivity index (χ1n) is 5.34. The van der Waals surface area contributed by atoms with Gasteiger partial charge in [-0.3, -0.25) is 0 Å². The lowest BCUT2D eigenvalue weighted by molar-refractivity contribution is 0.341. The molecule has 1 aromatic rings. The maximum atomic E-state index is 8.67. The number of aliphatic hydroxyl groups is 1. The monoisotopic (exact) mass is 205 g/mol. The van der Waals surface area contributed by atoms with E-state index in [1.165, 1.54) is 11.1 Å². The molecule has 0 amide bonds. The summed E-state index contributed by atoms with van der Waals surface area (Å²) >= 11 is 0. The summed E-state index contributed by atoms with van der Waals surface area (Å²) in [7, 11) is 0. The van der Waals surface area contributed by atoms with Crippen molar-refractivity contribution in [2.75, 3.05) is 13.2 Å². The zero-order valence-electron chi connectivity index (χ0n) is 9.24. The van der Waals surface area contributed by atoms with Gasteiger partial charge >= 0.3 is 0 Å². The molecule has 0 radical (unpaired) electrons. The van der Waals surface area contributed by atoms with Gasteiger partial charge in [-0.2, -0.15) is 0 Å².